The molecule has 4 nitrogen and oxygen atoms in total. The normalized spacial score (nSPS) is 14.2. The molecule has 2 aromatic rings. The second-order valence-corrected chi connectivity index (χ2v) is 6.76. The Labute approximate surface area is 141 Å². The molecule has 0 unspecified atom stereocenters. The number of rotatable bonds is 3. The third-order valence-corrected chi connectivity index (χ3v) is 4.78. The maximum absolute atomic E-state index is 13.1. The van der Waals surface area contributed by atoms with Crippen LogP contribution in [0.2, 0.25) is 0 Å². The second-order valence-electron chi connectivity index (χ2n) is 6.76. The molecule has 1 N–H and O–H groups in total. The first-order chi connectivity index (χ1) is 11.4. The van der Waals surface area contributed by atoms with Crippen molar-refractivity contribution in [3.63, 3.8) is 0 Å². The standard InChI is InChI=1S/C20H21NO3/c1-20(2,17-6-4-3-5-7-17)19(24)21-11-10-14-8-9-15(18(22)23)12-16(14)13-21/h3-9,12H,10-11,13H2,1-2H3,(H,22,23). The summed E-state index contributed by atoms with van der Waals surface area (Å²) in [6.07, 6.45) is 0.756. The van der Waals surface area contributed by atoms with Gasteiger partial charge in [0.15, 0.2) is 0 Å². The number of carboxylic acids is 1. The van der Waals surface area contributed by atoms with Gasteiger partial charge in [0.2, 0.25) is 5.91 Å². The molecule has 0 spiro atoms. The fourth-order valence-corrected chi connectivity index (χ4v) is 3.24. The van der Waals surface area contributed by atoms with Gasteiger partial charge >= 0.3 is 5.97 Å². The molecule has 24 heavy (non-hydrogen) atoms. The molecular formula is C20H21NO3. The molecular weight excluding hydrogens is 302 g/mol. The van der Waals surface area contributed by atoms with Crippen LogP contribution in [0.4, 0.5) is 0 Å². The van der Waals surface area contributed by atoms with Crippen LogP contribution in [0.5, 0.6) is 0 Å². The van der Waals surface area contributed by atoms with E-state index in [4.69, 9.17) is 5.11 Å². The minimum atomic E-state index is -0.939. The van der Waals surface area contributed by atoms with E-state index in [0.717, 1.165) is 23.1 Å². The second kappa shape index (κ2) is 6.11. The molecule has 0 bridgehead atoms. The molecule has 1 amide bonds. The minimum Gasteiger partial charge on any atom is -0.478 e. The number of carbonyl (C=O) groups is 2. The van der Waals surface area contributed by atoms with Crippen molar-refractivity contribution in [1.82, 2.24) is 4.90 Å². The highest BCUT2D eigenvalue weighted by molar-refractivity contribution is 5.89. The highest BCUT2D eigenvalue weighted by Crippen LogP contribution is 2.29. The van der Waals surface area contributed by atoms with E-state index in [9.17, 15) is 9.59 Å². The van der Waals surface area contributed by atoms with E-state index in [2.05, 4.69) is 0 Å². The number of fused-ring (bicyclic) bond motifs is 1. The molecule has 124 valence electrons. The van der Waals surface area contributed by atoms with Gasteiger partial charge in [-0.05, 0) is 49.1 Å². The number of hydrogen-bond acceptors (Lipinski definition) is 2. The first-order valence-electron chi connectivity index (χ1n) is 8.09. The summed E-state index contributed by atoms with van der Waals surface area (Å²) >= 11 is 0. The molecule has 0 aliphatic carbocycles. The fourth-order valence-electron chi connectivity index (χ4n) is 3.24. The summed E-state index contributed by atoms with van der Waals surface area (Å²) in [4.78, 5) is 26.1. The zero-order chi connectivity index (χ0) is 17.3. The third-order valence-electron chi connectivity index (χ3n) is 4.78. The average molecular weight is 323 g/mol. The van der Waals surface area contributed by atoms with Crippen LogP contribution in [-0.4, -0.2) is 28.4 Å². The highest BCUT2D eigenvalue weighted by Gasteiger charge is 2.35. The van der Waals surface area contributed by atoms with Crippen LogP contribution >= 0.6 is 0 Å². The average Bonchev–Trinajstić information content (AvgIpc) is 2.60. The molecule has 0 aromatic heterocycles. The van der Waals surface area contributed by atoms with Crippen LogP contribution in [0, 0.1) is 0 Å². The van der Waals surface area contributed by atoms with Crippen molar-refractivity contribution in [2.45, 2.75) is 32.2 Å². The zero-order valence-electron chi connectivity index (χ0n) is 14.0. The molecule has 0 atom stereocenters. The third kappa shape index (κ3) is 2.92. The predicted molar refractivity (Wildman–Crippen MR) is 92.0 cm³/mol. The van der Waals surface area contributed by atoms with E-state index in [1.54, 1.807) is 12.1 Å². The molecule has 0 saturated carbocycles. The van der Waals surface area contributed by atoms with Crippen LogP contribution in [0.3, 0.4) is 0 Å². The van der Waals surface area contributed by atoms with Gasteiger partial charge in [-0.15, -0.1) is 0 Å². The van der Waals surface area contributed by atoms with Crippen LogP contribution < -0.4 is 0 Å². The highest BCUT2D eigenvalue weighted by atomic mass is 16.4. The van der Waals surface area contributed by atoms with Gasteiger partial charge in [0.25, 0.3) is 0 Å². The van der Waals surface area contributed by atoms with Crippen molar-refractivity contribution >= 4 is 11.9 Å². The minimum absolute atomic E-state index is 0.0695. The number of hydrogen-bond donors (Lipinski definition) is 1. The van der Waals surface area contributed by atoms with Crippen molar-refractivity contribution in [1.29, 1.82) is 0 Å². The van der Waals surface area contributed by atoms with Crippen molar-refractivity contribution in [3.8, 4) is 0 Å². The fraction of sp³-hybridized carbons (Fsp3) is 0.300. The summed E-state index contributed by atoms with van der Waals surface area (Å²) < 4.78 is 0. The van der Waals surface area contributed by atoms with Gasteiger partial charge in [-0.25, -0.2) is 4.79 Å². The van der Waals surface area contributed by atoms with E-state index >= 15 is 0 Å². The molecule has 0 saturated heterocycles. The van der Waals surface area contributed by atoms with Gasteiger partial charge in [-0.2, -0.15) is 0 Å². The maximum atomic E-state index is 13.1. The molecule has 2 aromatic carbocycles. The Morgan fingerprint density at radius 2 is 1.75 bits per heavy atom. The molecule has 0 radical (unpaired) electrons. The lowest BCUT2D eigenvalue weighted by molar-refractivity contribution is -0.137. The van der Waals surface area contributed by atoms with Gasteiger partial charge in [-0.1, -0.05) is 36.4 Å². The van der Waals surface area contributed by atoms with Crippen molar-refractivity contribution in [2.24, 2.45) is 0 Å². The van der Waals surface area contributed by atoms with Gasteiger partial charge in [0, 0.05) is 13.1 Å². The Morgan fingerprint density at radius 3 is 2.42 bits per heavy atom. The number of benzene rings is 2. The Morgan fingerprint density at radius 1 is 1.04 bits per heavy atom. The quantitative estimate of drug-likeness (QED) is 0.943. The lowest BCUT2D eigenvalue weighted by atomic mass is 9.82. The molecule has 3 rings (SSSR count). The van der Waals surface area contributed by atoms with E-state index in [-0.39, 0.29) is 11.5 Å². The maximum Gasteiger partial charge on any atom is 0.335 e. The van der Waals surface area contributed by atoms with Crippen molar-refractivity contribution < 1.29 is 14.7 Å². The smallest absolute Gasteiger partial charge is 0.335 e. The van der Waals surface area contributed by atoms with E-state index in [1.165, 1.54) is 0 Å². The topological polar surface area (TPSA) is 57.6 Å². The molecule has 1 aliphatic heterocycles. The van der Waals surface area contributed by atoms with E-state index in [0.29, 0.717) is 13.1 Å². The Balaban J connectivity index is 1.85. The van der Waals surface area contributed by atoms with Crippen LogP contribution in [-0.2, 0) is 23.2 Å². The number of nitrogens with zero attached hydrogens (tertiary/aromatic N) is 1. The lowest BCUT2D eigenvalue weighted by Crippen LogP contribution is -2.45. The summed E-state index contributed by atoms with van der Waals surface area (Å²) in [5, 5.41) is 9.16. The lowest BCUT2D eigenvalue weighted by Gasteiger charge is -2.35. The van der Waals surface area contributed by atoms with Crippen LogP contribution in [0.25, 0.3) is 0 Å². The largest absolute Gasteiger partial charge is 0.478 e. The number of amides is 1. The zero-order valence-corrected chi connectivity index (χ0v) is 14.0. The van der Waals surface area contributed by atoms with Crippen molar-refractivity contribution in [3.05, 3.63) is 70.8 Å². The first kappa shape index (κ1) is 16.2. The molecule has 1 aliphatic rings. The van der Waals surface area contributed by atoms with Gasteiger partial charge in [0.05, 0.1) is 11.0 Å². The monoisotopic (exact) mass is 323 g/mol. The van der Waals surface area contributed by atoms with Crippen LogP contribution in [0.15, 0.2) is 48.5 Å². The van der Waals surface area contributed by atoms with Gasteiger partial charge in [0.1, 0.15) is 0 Å². The van der Waals surface area contributed by atoms with E-state index < -0.39 is 11.4 Å². The molecule has 1 heterocycles. The first-order valence-corrected chi connectivity index (χ1v) is 8.09. The Kier molecular flexibility index (Phi) is 4.14. The summed E-state index contributed by atoms with van der Waals surface area (Å²) in [6, 6.07) is 14.9. The van der Waals surface area contributed by atoms with Gasteiger partial charge < -0.3 is 10.0 Å². The molecule has 0 fully saturated rings. The summed E-state index contributed by atoms with van der Waals surface area (Å²) in [5.41, 5.74) is 2.70. The predicted octanol–water partition coefficient (Wildman–Crippen LogP) is 3.25. The van der Waals surface area contributed by atoms with E-state index in [1.807, 2.05) is 55.1 Å². The number of carbonyl (C=O) groups excluding carboxylic acids is 1. The SMILES string of the molecule is CC(C)(C(=O)N1CCc2ccc(C(=O)O)cc2C1)c1ccccc1. The number of carboxylic acid groups (broad SMARTS) is 1. The Bertz CT molecular complexity index is 781. The molecule has 4 heteroatoms. The van der Waals surface area contributed by atoms with Crippen LogP contribution in [0.1, 0.15) is 40.9 Å². The van der Waals surface area contributed by atoms with Gasteiger partial charge in [-0.3, -0.25) is 4.79 Å². The van der Waals surface area contributed by atoms with Crippen molar-refractivity contribution in [2.75, 3.05) is 6.54 Å². The summed E-state index contributed by atoms with van der Waals surface area (Å²) in [5.74, 6) is -0.869. The number of aromatic carboxylic acids is 1. The summed E-state index contributed by atoms with van der Waals surface area (Å²) in [7, 11) is 0. The summed E-state index contributed by atoms with van der Waals surface area (Å²) in [6.45, 7) is 5.00. The Hall–Kier alpha value is -2.62.